The molecule has 0 saturated heterocycles. The van der Waals surface area contributed by atoms with E-state index in [-0.39, 0.29) is 21.5 Å². The van der Waals surface area contributed by atoms with E-state index in [1.54, 1.807) is 6.07 Å². The molecule has 0 radical (unpaired) electrons. The summed E-state index contributed by atoms with van der Waals surface area (Å²) in [6, 6.07) is 7.31. The van der Waals surface area contributed by atoms with Crippen LogP contribution in [0.25, 0.3) is 0 Å². The van der Waals surface area contributed by atoms with Crippen molar-refractivity contribution in [2.75, 3.05) is 4.72 Å². The Kier molecular flexibility index (Phi) is 5.73. The minimum Gasteiger partial charge on any atom is -0.301 e. The maximum absolute atomic E-state index is 12.9. The molecule has 0 amide bonds. The molecular weight excluding hydrogens is 424 g/mol. The van der Waals surface area contributed by atoms with Crippen molar-refractivity contribution in [2.45, 2.75) is 17.6 Å². The second kappa shape index (κ2) is 7.87. The second-order valence-electron chi connectivity index (χ2n) is 5.41. The van der Waals surface area contributed by atoms with Crippen LogP contribution < -0.4 is 4.72 Å². The molecule has 142 valence electrons. The minimum atomic E-state index is -4.53. The van der Waals surface area contributed by atoms with Gasteiger partial charge in [0.15, 0.2) is 0 Å². The molecule has 11 heteroatoms. The van der Waals surface area contributed by atoms with E-state index in [1.165, 1.54) is 35.5 Å². The van der Waals surface area contributed by atoms with Crippen LogP contribution in [-0.4, -0.2) is 19.0 Å². The highest BCUT2D eigenvalue weighted by atomic mass is 35.5. The lowest BCUT2D eigenvalue weighted by molar-refractivity contribution is -0.137. The number of nitrogens with one attached hydrogen (secondary N) is 1. The predicted octanol–water partition coefficient (Wildman–Crippen LogP) is 4.79. The Morgan fingerprint density at radius 1 is 1.15 bits per heavy atom. The number of rotatable bonds is 5. The van der Waals surface area contributed by atoms with Crippen molar-refractivity contribution in [2.24, 2.45) is 0 Å². The highest BCUT2D eigenvalue weighted by Crippen LogP contribution is 2.32. The molecule has 0 aliphatic rings. The Bertz CT molecular complexity index is 980. The summed E-state index contributed by atoms with van der Waals surface area (Å²) in [5.41, 5.74) is 0.0676. The third kappa shape index (κ3) is 4.79. The van der Waals surface area contributed by atoms with Crippen LogP contribution in [0.3, 0.4) is 0 Å². The van der Waals surface area contributed by atoms with Gasteiger partial charge in [0.25, 0.3) is 0 Å². The monoisotopic (exact) mass is 434 g/mol. The Morgan fingerprint density at radius 2 is 1.89 bits per heavy atom. The molecule has 1 heterocycles. The van der Waals surface area contributed by atoms with Crippen LogP contribution in [0.2, 0.25) is 10.0 Å². The average molecular weight is 435 g/mol. The molecule has 0 fully saturated rings. The lowest BCUT2D eigenvalue weighted by Gasteiger charge is -2.14. The molecule has 27 heavy (non-hydrogen) atoms. The van der Waals surface area contributed by atoms with Gasteiger partial charge in [0.05, 0.1) is 32.7 Å². The third-order valence-corrected chi connectivity index (χ3v) is 5.33. The van der Waals surface area contributed by atoms with Crippen molar-refractivity contribution >= 4 is 39.9 Å². The van der Waals surface area contributed by atoms with Crippen molar-refractivity contribution in [3.8, 4) is 0 Å². The number of anilines is 1. The van der Waals surface area contributed by atoms with Crippen molar-refractivity contribution in [3.63, 3.8) is 0 Å². The fraction of sp³-hybridized carbons (Fsp3) is 0.125. The molecule has 1 unspecified atom stereocenters. The van der Waals surface area contributed by atoms with Crippen LogP contribution in [0.4, 0.5) is 18.9 Å². The van der Waals surface area contributed by atoms with Gasteiger partial charge in [-0.25, -0.2) is 13.9 Å². The SMILES string of the molecule is O=S(Nc1cc(Cl)c(Cl)cc1Cn1cncn1)c1cccc(C(F)(F)F)c1. The number of hydrogen-bond donors (Lipinski definition) is 1. The largest absolute Gasteiger partial charge is 0.416 e. The first-order valence-corrected chi connectivity index (χ1v) is 9.30. The highest BCUT2D eigenvalue weighted by molar-refractivity contribution is 7.86. The van der Waals surface area contributed by atoms with Gasteiger partial charge < -0.3 is 4.72 Å². The first-order chi connectivity index (χ1) is 12.7. The Hall–Kier alpha value is -2.10. The maximum Gasteiger partial charge on any atom is 0.416 e. The molecule has 0 bridgehead atoms. The minimum absolute atomic E-state index is 0.0254. The number of halogens is 5. The van der Waals surface area contributed by atoms with E-state index in [2.05, 4.69) is 14.8 Å². The van der Waals surface area contributed by atoms with E-state index < -0.39 is 22.7 Å². The molecule has 3 aromatic rings. The van der Waals surface area contributed by atoms with Gasteiger partial charge in [-0.3, -0.25) is 0 Å². The zero-order valence-corrected chi connectivity index (χ0v) is 15.7. The first kappa shape index (κ1) is 19.7. The Labute approximate surface area is 164 Å². The van der Waals surface area contributed by atoms with E-state index in [9.17, 15) is 17.4 Å². The van der Waals surface area contributed by atoms with Crippen LogP contribution in [0.1, 0.15) is 11.1 Å². The molecule has 0 aliphatic carbocycles. The fourth-order valence-corrected chi connectivity index (χ4v) is 3.54. The van der Waals surface area contributed by atoms with E-state index in [0.717, 1.165) is 12.1 Å². The molecule has 0 spiro atoms. The normalized spacial score (nSPS) is 12.8. The Balaban J connectivity index is 1.90. The van der Waals surface area contributed by atoms with Crippen LogP contribution in [0.15, 0.2) is 53.9 Å². The van der Waals surface area contributed by atoms with Crippen molar-refractivity contribution in [1.82, 2.24) is 14.8 Å². The topological polar surface area (TPSA) is 59.8 Å². The van der Waals surface area contributed by atoms with Gasteiger partial charge in [-0.2, -0.15) is 18.3 Å². The van der Waals surface area contributed by atoms with Gasteiger partial charge in [0.2, 0.25) is 0 Å². The summed E-state index contributed by atoms with van der Waals surface area (Å²) in [5.74, 6) is 0. The maximum atomic E-state index is 12.9. The summed E-state index contributed by atoms with van der Waals surface area (Å²) in [7, 11) is -1.95. The molecule has 0 aliphatic heterocycles. The summed E-state index contributed by atoms with van der Waals surface area (Å²) in [6.45, 7) is 0.249. The van der Waals surface area contributed by atoms with Gasteiger partial charge >= 0.3 is 6.18 Å². The van der Waals surface area contributed by atoms with Crippen LogP contribution in [0.5, 0.6) is 0 Å². The van der Waals surface area contributed by atoms with Crippen molar-refractivity contribution < 1.29 is 17.4 Å². The zero-order valence-electron chi connectivity index (χ0n) is 13.4. The number of hydrogen-bond acceptors (Lipinski definition) is 3. The third-order valence-electron chi connectivity index (χ3n) is 3.52. The summed E-state index contributed by atoms with van der Waals surface area (Å²) < 4.78 is 55.4. The number of benzene rings is 2. The standard InChI is InChI=1S/C16H11Cl2F3N4OS/c17-13-4-10(7-25-9-22-8-23-25)15(6-14(13)18)24-27(26)12-3-1-2-11(5-12)16(19,20)21/h1-6,8-9,24H,7H2. The molecule has 5 nitrogen and oxygen atoms in total. The van der Waals surface area contributed by atoms with Gasteiger partial charge in [-0.15, -0.1) is 0 Å². The number of aromatic nitrogens is 3. The summed E-state index contributed by atoms with van der Waals surface area (Å²) in [5, 5.41) is 4.47. The molecule has 1 atom stereocenters. The van der Waals surface area contributed by atoms with Gasteiger partial charge in [-0.1, -0.05) is 29.3 Å². The summed E-state index contributed by atoms with van der Waals surface area (Å²) in [4.78, 5) is 3.81. The predicted molar refractivity (Wildman–Crippen MR) is 97.1 cm³/mol. The molecular formula is C16H11Cl2F3N4OS. The molecule has 2 aromatic carbocycles. The highest BCUT2D eigenvalue weighted by Gasteiger charge is 2.30. The lowest BCUT2D eigenvalue weighted by atomic mass is 10.2. The van der Waals surface area contributed by atoms with Crippen LogP contribution in [0, 0.1) is 0 Å². The second-order valence-corrected chi connectivity index (χ2v) is 7.44. The Morgan fingerprint density at radius 3 is 2.56 bits per heavy atom. The number of nitrogens with zero attached hydrogens (tertiary/aromatic N) is 3. The molecule has 1 aromatic heterocycles. The molecule has 0 saturated carbocycles. The van der Waals surface area contributed by atoms with Crippen molar-refractivity contribution in [1.29, 1.82) is 0 Å². The van der Waals surface area contributed by atoms with Gasteiger partial charge in [0, 0.05) is 0 Å². The first-order valence-electron chi connectivity index (χ1n) is 7.40. The van der Waals surface area contributed by atoms with Crippen LogP contribution in [-0.2, 0) is 23.7 Å². The van der Waals surface area contributed by atoms with E-state index in [0.29, 0.717) is 11.3 Å². The van der Waals surface area contributed by atoms with Crippen molar-refractivity contribution in [3.05, 3.63) is 70.2 Å². The van der Waals surface area contributed by atoms with Crippen LogP contribution >= 0.6 is 23.2 Å². The number of alkyl halides is 3. The fourth-order valence-electron chi connectivity index (χ4n) is 2.25. The summed E-state index contributed by atoms with van der Waals surface area (Å²) >= 11 is 12.1. The molecule has 3 rings (SSSR count). The quantitative estimate of drug-likeness (QED) is 0.627. The van der Waals surface area contributed by atoms with E-state index in [1.807, 2.05) is 0 Å². The molecule has 1 N–H and O–H groups in total. The zero-order chi connectivity index (χ0) is 19.6. The lowest BCUT2D eigenvalue weighted by Crippen LogP contribution is -2.11. The summed E-state index contributed by atoms with van der Waals surface area (Å²) in [6.07, 6.45) is -1.69. The average Bonchev–Trinajstić information content (AvgIpc) is 3.11. The smallest absolute Gasteiger partial charge is 0.301 e. The van der Waals surface area contributed by atoms with E-state index >= 15 is 0 Å². The van der Waals surface area contributed by atoms with Gasteiger partial charge in [-0.05, 0) is 35.9 Å². The van der Waals surface area contributed by atoms with Gasteiger partial charge in [0.1, 0.15) is 23.6 Å². The van der Waals surface area contributed by atoms with E-state index in [4.69, 9.17) is 23.2 Å².